The van der Waals surface area contributed by atoms with Crippen LogP contribution in [0.4, 0.5) is 0 Å². The number of aromatic carboxylic acids is 1. The fraction of sp³-hybridized carbons (Fsp3) is 0. The number of carboxylic acid groups (broad SMARTS) is 1. The average molecular weight is 266 g/mol. The minimum atomic E-state index is -1.22. The van der Waals surface area contributed by atoms with Crippen molar-refractivity contribution in [2.45, 2.75) is 0 Å². The number of hydrogen-bond donors (Lipinski definition) is 2. The van der Waals surface area contributed by atoms with Gasteiger partial charge in [-0.3, -0.25) is 4.79 Å². The molecule has 0 aliphatic heterocycles. The molecule has 0 spiro atoms. The first-order valence-corrected chi connectivity index (χ1v) is 5.98. The summed E-state index contributed by atoms with van der Waals surface area (Å²) in [6.07, 6.45) is 0. The molecule has 98 valence electrons. The summed E-state index contributed by atoms with van der Waals surface area (Å²) in [4.78, 5) is 29.1. The number of H-pyrrole nitrogens is 1. The molecule has 0 atom stereocenters. The number of carboxylic acids is 1. The molecule has 0 aliphatic carbocycles. The molecule has 3 rings (SSSR count). The van der Waals surface area contributed by atoms with Crippen molar-refractivity contribution in [1.82, 2.24) is 9.97 Å². The Kier molecular flexibility index (Phi) is 2.80. The summed E-state index contributed by atoms with van der Waals surface area (Å²) in [6.45, 7) is 0. The van der Waals surface area contributed by atoms with E-state index in [-0.39, 0.29) is 11.5 Å². The number of aromatic nitrogens is 2. The summed E-state index contributed by atoms with van der Waals surface area (Å²) < 4.78 is 0. The highest BCUT2D eigenvalue weighted by atomic mass is 16.4. The van der Waals surface area contributed by atoms with Crippen LogP contribution in [0, 0.1) is 0 Å². The zero-order valence-electron chi connectivity index (χ0n) is 10.3. The van der Waals surface area contributed by atoms with Crippen molar-refractivity contribution >= 4 is 16.7 Å². The molecule has 0 aliphatic rings. The van der Waals surface area contributed by atoms with Crippen molar-refractivity contribution in [2.24, 2.45) is 0 Å². The van der Waals surface area contributed by atoms with Crippen LogP contribution in [0.25, 0.3) is 22.2 Å². The molecule has 0 radical (unpaired) electrons. The number of rotatable bonds is 2. The Balaban J connectivity index is 2.31. The molecule has 5 nitrogen and oxygen atoms in total. The van der Waals surface area contributed by atoms with Gasteiger partial charge in [-0.15, -0.1) is 0 Å². The Morgan fingerprint density at radius 1 is 1.10 bits per heavy atom. The predicted molar refractivity (Wildman–Crippen MR) is 74.8 cm³/mol. The van der Waals surface area contributed by atoms with E-state index in [1.807, 2.05) is 36.4 Å². The highest BCUT2D eigenvalue weighted by Crippen LogP contribution is 2.25. The van der Waals surface area contributed by atoms with Crippen molar-refractivity contribution < 1.29 is 9.90 Å². The van der Waals surface area contributed by atoms with Crippen LogP contribution in [0.1, 0.15) is 10.5 Å². The van der Waals surface area contributed by atoms with Gasteiger partial charge in [0, 0.05) is 11.6 Å². The lowest BCUT2D eigenvalue weighted by Crippen LogP contribution is -2.13. The van der Waals surface area contributed by atoms with Crippen LogP contribution in [0.5, 0.6) is 0 Å². The summed E-state index contributed by atoms with van der Waals surface area (Å²) in [5.74, 6) is -0.968. The average Bonchev–Trinajstić information content (AvgIpc) is 2.46. The Morgan fingerprint density at radius 3 is 2.65 bits per heavy atom. The van der Waals surface area contributed by atoms with E-state index < -0.39 is 11.5 Å². The number of aromatic amines is 1. The van der Waals surface area contributed by atoms with Crippen LogP contribution in [-0.2, 0) is 0 Å². The molecule has 20 heavy (non-hydrogen) atoms. The standard InChI is InChI=1S/C15H10N2O3/c18-13-8-12(15(19)20)16-14(17-13)11-7-3-5-9-4-1-2-6-10(9)11/h1-8H,(H,19,20)(H,16,17,18). The molecule has 1 aromatic heterocycles. The van der Waals surface area contributed by atoms with Crippen LogP contribution >= 0.6 is 0 Å². The van der Waals surface area contributed by atoms with Crippen LogP contribution in [0.3, 0.4) is 0 Å². The van der Waals surface area contributed by atoms with Crippen LogP contribution in [0.2, 0.25) is 0 Å². The molecular weight excluding hydrogens is 256 g/mol. The third-order valence-electron chi connectivity index (χ3n) is 3.01. The monoisotopic (exact) mass is 266 g/mol. The molecule has 3 aromatic rings. The third kappa shape index (κ3) is 2.05. The Bertz CT molecular complexity index is 863. The van der Waals surface area contributed by atoms with Crippen LogP contribution < -0.4 is 5.56 Å². The SMILES string of the molecule is O=C(O)c1cc(=O)[nH]c(-c2cccc3ccccc23)n1. The minimum Gasteiger partial charge on any atom is -0.477 e. The maximum absolute atomic E-state index is 11.6. The van der Waals surface area contributed by atoms with E-state index in [2.05, 4.69) is 9.97 Å². The zero-order chi connectivity index (χ0) is 14.1. The number of nitrogens with zero attached hydrogens (tertiary/aromatic N) is 1. The normalized spacial score (nSPS) is 10.6. The topological polar surface area (TPSA) is 83.0 Å². The molecule has 2 aromatic carbocycles. The lowest BCUT2D eigenvalue weighted by Gasteiger charge is -2.06. The lowest BCUT2D eigenvalue weighted by atomic mass is 10.0. The number of carbonyl (C=O) groups is 1. The van der Waals surface area contributed by atoms with E-state index in [9.17, 15) is 9.59 Å². The molecule has 5 heteroatoms. The van der Waals surface area contributed by atoms with E-state index >= 15 is 0 Å². The van der Waals surface area contributed by atoms with Crippen molar-refractivity contribution in [3.05, 3.63) is 64.6 Å². The number of hydrogen-bond acceptors (Lipinski definition) is 3. The van der Waals surface area contributed by atoms with Crippen molar-refractivity contribution in [2.75, 3.05) is 0 Å². The first-order valence-electron chi connectivity index (χ1n) is 5.98. The van der Waals surface area contributed by atoms with Gasteiger partial charge in [0.1, 0.15) is 5.82 Å². The Morgan fingerprint density at radius 2 is 1.85 bits per heavy atom. The fourth-order valence-electron chi connectivity index (χ4n) is 2.13. The summed E-state index contributed by atoms with van der Waals surface area (Å²) in [7, 11) is 0. The van der Waals surface area contributed by atoms with Gasteiger partial charge in [-0.05, 0) is 10.8 Å². The van der Waals surface area contributed by atoms with E-state index in [0.717, 1.165) is 16.8 Å². The summed E-state index contributed by atoms with van der Waals surface area (Å²) in [6, 6.07) is 14.2. The van der Waals surface area contributed by atoms with E-state index in [4.69, 9.17) is 5.11 Å². The minimum absolute atomic E-state index is 0.256. The molecule has 0 unspecified atom stereocenters. The largest absolute Gasteiger partial charge is 0.477 e. The van der Waals surface area contributed by atoms with Gasteiger partial charge >= 0.3 is 5.97 Å². The van der Waals surface area contributed by atoms with Gasteiger partial charge in [-0.1, -0.05) is 42.5 Å². The molecule has 0 saturated heterocycles. The second kappa shape index (κ2) is 4.62. The van der Waals surface area contributed by atoms with Gasteiger partial charge in [0.2, 0.25) is 0 Å². The molecule has 0 amide bonds. The highest BCUT2D eigenvalue weighted by Gasteiger charge is 2.11. The molecule has 2 N–H and O–H groups in total. The Hall–Kier alpha value is -2.95. The quantitative estimate of drug-likeness (QED) is 0.745. The van der Waals surface area contributed by atoms with Crippen molar-refractivity contribution in [3.8, 4) is 11.4 Å². The molecule has 0 saturated carbocycles. The van der Waals surface area contributed by atoms with E-state index in [1.165, 1.54) is 0 Å². The van der Waals surface area contributed by atoms with Gasteiger partial charge in [0.25, 0.3) is 5.56 Å². The second-order valence-electron chi connectivity index (χ2n) is 4.31. The van der Waals surface area contributed by atoms with Crippen molar-refractivity contribution in [3.63, 3.8) is 0 Å². The second-order valence-corrected chi connectivity index (χ2v) is 4.31. The lowest BCUT2D eigenvalue weighted by molar-refractivity contribution is 0.0690. The summed E-state index contributed by atoms with van der Waals surface area (Å²) >= 11 is 0. The van der Waals surface area contributed by atoms with Gasteiger partial charge < -0.3 is 10.1 Å². The predicted octanol–water partition coefficient (Wildman–Crippen LogP) is 2.29. The van der Waals surface area contributed by atoms with Gasteiger partial charge in [0.15, 0.2) is 5.69 Å². The maximum atomic E-state index is 11.6. The fourth-order valence-corrected chi connectivity index (χ4v) is 2.13. The van der Waals surface area contributed by atoms with Crippen molar-refractivity contribution in [1.29, 1.82) is 0 Å². The van der Waals surface area contributed by atoms with E-state index in [0.29, 0.717) is 5.56 Å². The molecule has 0 fully saturated rings. The van der Waals surface area contributed by atoms with Crippen LogP contribution in [0.15, 0.2) is 53.3 Å². The summed E-state index contributed by atoms with van der Waals surface area (Å²) in [5, 5.41) is 10.9. The molecule has 0 bridgehead atoms. The summed E-state index contributed by atoms with van der Waals surface area (Å²) in [5.41, 5.74) is -0.0553. The first-order chi connectivity index (χ1) is 9.65. The first kappa shape index (κ1) is 12.1. The zero-order valence-corrected chi connectivity index (χ0v) is 10.3. The highest BCUT2D eigenvalue weighted by molar-refractivity contribution is 5.95. The molecule has 1 heterocycles. The number of benzene rings is 2. The smallest absolute Gasteiger partial charge is 0.354 e. The Labute approximate surface area is 113 Å². The number of nitrogens with one attached hydrogen (secondary N) is 1. The van der Waals surface area contributed by atoms with E-state index in [1.54, 1.807) is 6.07 Å². The van der Waals surface area contributed by atoms with Gasteiger partial charge in [0.05, 0.1) is 0 Å². The van der Waals surface area contributed by atoms with Gasteiger partial charge in [-0.25, -0.2) is 9.78 Å². The molecular formula is C15H10N2O3. The van der Waals surface area contributed by atoms with Crippen LogP contribution in [-0.4, -0.2) is 21.0 Å². The maximum Gasteiger partial charge on any atom is 0.354 e. The number of fused-ring (bicyclic) bond motifs is 1. The third-order valence-corrected chi connectivity index (χ3v) is 3.01. The van der Waals surface area contributed by atoms with Gasteiger partial charge in [-0.2, -0.15) is 0 Å².